The van der Waals surface area contributed by atoms with Crippen molar-refractivity contribution in [1.29, 1.82) is 0 Å². The van der Waals surface area contributed by atoms with Crippen LogP contribution in [0, 0.1) is 5.92 Å². The maximum atomic E-state index is 12.9. The molecule has 1 atom stereocenters. The van der Waals surface area contributed by atoms with Gasteiger partial charge in [-0.3, -0.25) is 4.79 Å². The largest absolute Gasteiger partial charge is 0.380 e. The second-order valence-electron chi connectivity index (χ2n) is 7.29. The summed E-state index contributed by atoms with van der Waals surface area (Å²) in [6.07, 6.45) is 1.57. The molecule has 0 aliphatic carbocycles. The number of hydrogen-bond donors (Lipinski definition) is 1. The quantitative estimate of drug-likeness (QED) is 0.833. The molecule has 7 nitrogen and oxygen atoms in total. The van der Waals surface area contributed by atoms with E-state index in [9.17, 15) is 13.2 Å². The standard InChI is InChI=1S/C21H23N3O4S/c1-28-14-15-8-10-16(11-9-15)21(25)24-12-4-5-17(13-24)20-22-18-6-2-3-7-19(18)29(26,27)23-20/h2-3,6-11,17H,4-5,12-14H2,1H3,(H,22,23). The first kappa shape index (κ1) is 19.6. The van der Waals surface area contributed by atoms with Gasteiger partial charge in [-0.15, -0.1) is 4.40 Å². The number of amidine groups is 1. The van der Waals surface area contributed by atoms with Gasteiger partial charge in [-0.05, 0) is 42.7 Å². The minimum atomic E-state index is -3.73. The van der Waals surface area contributed by atoms with E-state index in [0.29, 0.717) is 36.8 Å². The molecule has 1 N–H and O–H groups in total. The zero-order valence-electron chi connectivity index (χ0n) is 16.2. The van der Waals surface area contributed by atoms with Crippen molar-refractivity contribution in [2.45, 2.75) is 24.3 Å². The number of nitrogens with one attached hydrogen (secondary N) is 1. The van der Waals surface area contributed by atoms with Crippen molar-refractivity contribution >= 4 is 27.5 Å². The second-order valence-corrected chi connectivity index (χ2v) is 8.87. The van der Waals surface area contributed by atoms with Crippen molar-refractivity contribution in [2.24, 2.45) is 10.3 Å². The number of amides is 1. The fourth-order valence-electron chi connectivity index (χ4n) is 3.79. The number of rotatable bonds is 4. The third-order valence-electron chi connectivity index (χ3n) is 5.25. The Morgan fingerprint density at radius 3 is 2.72 bits per heavy atom. The molecule has 0 saturated carbocycles. The SMILES string of the molecule is COCc1ccc(C(=O)N2CCCC(C3=NS(=O)(=O)c4ccccc4N3)C2)cc1. The molecule has 1 amide bonds. The Balaban J connectivity index is 1.51. The summed E-state index contributed by atoms with van der Waals surface area (Å²) in [5.74, 6) is 0.207. The minimum absolute atomic E-state index is 0.0571. The Hall–Kier alpha value is -2.71. The summed E-state index contributed by atoms with van der Waals surface area (Å²) in [7, 11) is -2.10. The number of carbonyl (C=O) groups is 1. The van der Waals surface area contributed by atoms with Crippen molar-refractivity contribution in [3.63, 3.8) is 0 Å². The molecule has 1 saturated heterocycles. The molecule has 2 aliphatic heterocycles. The first-order valence-corrected chi connectivity index (χ1v) is 11.0. The van der Waals surface area contributed by atoms with Crippen LogP contribution in [0.2, 0.25) is 0 Å². The van der Waals surface area contributed by atoms with Gasteiger partial charge >= 0.3 is 0 Å². The summed E-state index contributed by atoms with van der Waals surface area (Å²) in [5, 5.41) is 3.16. The van der Waals surface area contributed by atoms with Gasteiger partial charge in [-0.2, -0.15) is 8.42 Å². The number of ether oxygens (including phenoxy) is 1. The number of anilines is 1. The fourth-order valence-corrected chi connectivity index (χ4v) is 4.99. The molecule has 4 rings (SSSR count). The van der Waals surface area contributed by atoms with Crippen molar-refractivity contribution < 1.29 is 17.9 Å². The molecule has 152 valence electrons. The second kappa shape index (κ2) is 7.96. The monoisotopic (exact) mass is 413 g/mol. The van der Waals surface area contributed by atoms with E-state index in [-0.39, 0.29) is 16.7 Å². The lowest BCUT2D eigenvalue weighted by Gasteiger charge is -2.34. The van der Waals surface area contributed by atoms with E-state index in [1.165, 1.54) is 0 Å². The molecule has 2 heterocycles. The van der Waals surface area contributed by atoms with Crippen LogP contribution in [0.1, 0.15) is 28.8 Å². The Morgan fingerprint density at radius 2 is 1.97 bits per heavy atom. The summed E-state index contributed by atoms with van der Waals surface area (Å²) >= 11 is 0. The first-order valence-electron chi connectivity index (χ1n) is 9.56. The van der Waals surface area contributed by atoms with Crippen LogP contribution in [-0.4, -0.2) is 45.3 Å². The highest BCUT2D eigenvalue weighted by molar-refractivity contribution is 7.90. The molecule has 2 aliphatic rings. The number of fused-ring (bicyclic) bond motifs is 1. The van der Waals surface area contributed by atoms with Crippen LogP contribution in [-0.2, 0) is 21.4 Å². The number of piperidine rings is 1. The third kappa shape index (κ3) is 4.04. The highest BCUT2D eigenvalue weighted by Crippen LogP contribution is 2.30. The Kier molecular flexibility index (Phi) is 5.38. The highest BCUT2D eigenvalue weighted by atomic mass is 32.2. The summed E-state index contributed by atoms with van der Waals surface area (Å²) in [5.41, 5.74) is 2.15. The molecule has 0 bridgehead atoms. The maximum absolute atomic E-state index is 12.9. The minimum Gasteiger partial charge on any atom is -0.380 e. The Labute approximate surface area is 170 Å². The molecule has 29 heavy (non-hydrogen) atoms. The van der Waals surface area contributed by atoms with Gasteiger partial charge in [-0.1, -0.05) is 24.3 Å². The number of methoxy groups -OCH3 is 1. The van der Waals surface area contributed by atoms with Crippen LogP contribution in [0.25, 0.3) is 0 Å². The van der Waals surface area contributed by atoms with Gasteiger partial charge in [0.1, 0.15) is 10.7 Å². The number of likely N-dealkylation sites (tertiary alicyclic amines) is 1. The predicted molar refractivity (Wildman–Crippen MR) is 110 cm³/mol. The molecule has 2 aromatic rings. The summed E-state index contributed by atoms with van der Waals surface area (Å²) in [4.78, 5) is 14.9. The van der Waals surface area contributed by atoms with Crippen LogP contribution in [0.5, 0.6) is 0 Å². The van der Waals surface area contributed by atoms with Crippen LogP contribution in [0.4, 0.5) is 5.69 Å². The van der Waals surface area contributed by atoms with Gasteiger partial charge in [0, 0.05) is 31.7 Å². The zero-order chi connectivity index (χ0) is 20.4. The van der Waals surface area contributed by atoms with E-state index in [1.54, 1.807) is 48.4 Å². The van der Waals surface area contributed by atoms with E-state index >= 15 is 0 Å². The van der Waals surface area contributed by atoms with Crippen LogP contribution in [0.3, 0.4) is 0 Å². The third-order valence-corrected chi connectivity index (χ3v) is 6.60. The van der Waals surface area contributed by atoms with Gasteiger partial charge in [-0.25, -0.2) is 0 Å². The number of nitrogens with zero attached hydrogens (tertiary/aromatic N) is 2. The lowest BCUT2D eigenvalue weighted by atomic mass is 9.95. The van der Waals surface area contributed by atoms with Gasteiger partial charge in [0.05, 0.1) is 12.3 Å². The maximum Gasteiger partial charge on any atom is 0.286 e. The fraction of sp³-hybridized carbons (Fsp3) is 0.333. The van der Waals surface area contributed by atoms with Crippen LogP contribution in [0.15, 0.2) is 57.8 Å². The molecule has 1 fully saturated rings. The highest BCUT2D eigenvalue weighted by Gasteiger charge is 2.32. The molecular formula is C21H23N3O4S. The number of benzene rings is 2. The average Bonchev–Trinajstić information content (AvgIpc) is 2.74. The summed E-state index contributed by atoms with van der Waals surface area (Å²) in [6, 6.07) is 14.1. The molecule has 1 unspecified atom stereocenters. The van der Waals surface area contributed by atoms with Gasteiger partial charge in [0.15, 0.2) is 0 Å². The van der Waals surface area contributed by atoms with Crippen molar-refractivity contribution in [3.05, 3.63) is 59.7 Å². The number of carbonyl (C=O) groups excluding carboxylic acids is 1. The molecule has 0 radical (unpaired) electrons. The van der Waals surface area contributed by atoms with E-state index in [1.807, 2.05) is 12.1 Å². The van der Waals surface area contributed by atoms with Crippen LogP contribution < -0.4 is 5.32 Å². The normalized spacial score (nSPS) is 20.4. The average molecular weight is 413 g/mol. The number of hydrogen-bond acceptors (Lipinski definition) is 5. The molecule has 0 aromatic heterocycles. The van der Waals surface area contributed by atoms with Gasteiger partial charge in [0.2, 0.25) is 0 Å². The topological polar surface area (TPSA) is 88.1 Å². The first-order chi connectivity index (χ1) is 14.0. The van der Waals surface area contributed by atoms with E-state index < -0.39 is 10.0 Å². The Morgan fingerprint density at radius 1 is 1.21 bits per heavy atom. The summed E-state index contributed by atoms with van der Waals surface area (Å²) in [6.45, 7) is 1.58. The zero-order valence-corrected chi connectivity index (χ0v) is 17.0. The lowest BCUT2D eigenvalue weighted by molar-refractivity contribution is 0.0703. The molecule has 0 spiro atoms. The molecular weight excluding hydrogens is 390 g/mol. The van der Waals surface area contributed by atoms with Crippen LogP contribution >= 0.6 is 0 Å². The smallest absolute Gasteiger partial charge is 0.286 e. The van der Waals surface area contributed by atoms with Crippen molar-refractivity contribution in [3.8, 4) is 0 Å². The number of para-hydroxylation sites is 1. The van der Waals surface area contributed by atoms with Crippen molar-refractivity contribution in [2.75, 3.05) is 25.5 Å². The van der Waals surface area contributed by atoms with Gasteiger partial charge in [0.25, 0.3) is 15.9 Å². The Bertz CT molecular complexity index is 1050. The van der Waals surface area contributed by atoms with E-state index in [0.717, 1.165) is 18.4 Å². The van der Waals surface area contributed by atoms with E-state index in [4.69, 9.17) is 4.74 Å². The summed E-state index contributed by atoms with van der Waals surface area (Å²) < 4.78 is 34.2. The lowest BCUT2D eigenvalue weighted by Crippen LogP contribution is -2.44. The number of sulfonamides is 1. The molecule has 2 aromatic carbocycles. The van der Waals surface area contributed by atoms with E-state index in [2.05, 4.69) is 9.71 Å². The molecule has 8 heteroatoms. The van der Waals surface area contributed by atoms with Crippen molar-refractivity contribution in [1.82, 2.24) is 4.90 Å². The predicted octanol–water partition coefficient (Wildman–Crippen LogP) is 2.90. The van der Waals surface area contributed by atoms with Gasteiger partial charge < -0.3 is 15.0 Å².